The van der Waals surface area contributed by atoms with Crippen molar-refractivity contribution in [1.82, 2.24) is 5.32 Å². The molecule has 15 heavy (non-hydrogen) atoms. The zero-order valence-electron chi connectivity index (χ0n) is 8.87. The van der Waals surface area contributed by atoms with Gasteiger partial charge in [0.2, 0.25) is 0 Å². The Morgan fingerprint density at radius 1 is 1.53 bits per heavy atom. The van der Waals surface area contributed by atoms with Crippen molar-refractivity contribution < 1.29 is 4.74 Å². The summed E-state index contributed by atoms with van der Waals surface area (Å²) in [5, 5.41) is 3.49. The monoisotopic (exact) mass is 269 g/mol. The maximum Gasteiger partial charge on any atom is 0.0616 e. The molecule has 1 aliphatic heterocycles. The van der Waals surface area contributed by atoms with E-state index in [-0.39, 0.29) is 0 Å². The van der Waals surface area contributed by atoms with Crippen molar-refractivity contribution in [2.45, 2.75) is 18.4 Å². The van der Waals surface area contributed by atoms with Crippen LogP contribution in [0.4, 0.5) is 0 Å². The van der Waals surface area contributed by atoms with Crippen LogP contribution in [-0.2, 0) is 4.74 Å². The summed E-state index contributed by atoms with van der Waals surface area (Å²) >= 11 is 3.51. The summed E-state index contributed by atoms with van der Waals surface area (Å²) in [6.07, 6.45) is 1.17. The van der Waals surface area contributed by atoms with Crippen LogP contribution in [0.15, 0.2) is 28.7 Å². The van der Waals surface area contributed by atoms with Crippen LogP contribution in [0.1, 0.15) is 17.9 Å². The summed E-state index contributed by atoms with van der Waals surface area (Å²) in [5.74, 6) is 0.627. The number of methoxy groups -OCH3 is 1. The highest BCUT2D eigenvalue weighted by Crippen LogP contribution is 2.27. The fourth-order valence-corrected chi connectivity index (χ4v) is 2.58. The molecule has 1 aliphatic rings. The van der Waals surface area contributed by atoms with Gasteiger partial charge >= 0.3 is 0 Å². The Kier molecular flexibility index (Phi) is 3.78. The van der Waals surface area contributed by atoms with E-state index in [9.17, 15) is 0 Å². The average molecular weight is 270 g/mol. The molecule has 0 saturated carbocycles. The second-order valence-electron chi connectivity index (χ2n) is 4.05. The normalized spacial score (nSPS) is 25.7. The van der Waals surface area contributed by atoms with Gasteiger partial charge in [0.25, 0.3) is 0 Å². The molecule has 1 heterocycles. The highest BCUT2D eigenvalue weighted by atomic mass is 79.9. The number of halogens is 1. The second kappa shape index (κ2) is 5.10. The van der Waals surface area contributed by atoms with Gasteiger partial charge in [-0.05, 0) is 30.0 Å². The van der Waals surface area contributed by atoms with Gasteiger partial charge in [-0.25, -0.2) is 0 Å². The average Bonchev–Trinajstić information content (AvgIpc) is 2.67. The van der Waals surface area contributed by atoms with Crippen molar-refractivity contribution in [3.05, 3.63) is 34.3 Å². The molecule has 1 aromatic rings. The molecule has 0 aromatic heterocycles. The molecule has 1 saturated heterocycles. The molecule has 1 fully saturated rings. The van der Waals surface area contributed by atoms with E-state index in [1.54, 1.807) is 7.11 Å². The van der Waals surface area contributed by atoms with Crippen LogP contribution < -0.4 is 5.32 Å². The van der Waals surface area contributed by atoms with E-state index in [4.69, 9.17) is 4.74 Å². The predicted octanol–water partition coefficient (Wildman–Crippen LogP) is 2.54. The summed E-state index contributed by atoms with van der Waals surface area (Å²) in [6.45, 7) is 1.87. The lowest BCUT2D eigenvalue weighted by Gasteiger charge is -2.10. The molecule has 0 spiro atoms. The first-order valence-corrected chi connectivity index (χ1v) is 6.06. The molecule has 2 unspecified atom stereocenters. The molecular formula is C12H16BrNO. The zero-order valence-corrected chi connectivity index (χ0v) is 10.5. The lowest BCUT2D eigenvalue weighted by atomic mass is 9.97. The van der Waals surface area contributed by atoms with Crippen LogP contribution in [0, 0.1) is 0 Å². The molecule has 2 nitrogen and oxygen atoms in total. The molecular weight excluding hydrogens is 254 g/mol. The summed E-state index contributed by atoms with van der Waals surface area (Å²) in [6, 6.07) is 9.09. The Morgan fingerprint density at radius 2 is 2.40 bits per heavy atom. The summed E-state index contributed by atoms with van der Waals surface area (Å²) < 4.78 is 6.32. The molecule has 2 rings (SSSR count). The number of nitrogens with one attached hydrogen (secondary N) is 1. The Hall–Kier alpha value is -0.380. The zero-order chi connectivity index (χ0) is 10.7. The number of hydrogen-bond donors (Lipinski definition) is 1. The van der Waals surface area contributed by atoms with Crippen molar-refractivity contribution in [3.8, 4) is 0 Å². The van der Waals surface area contributed by atoms with E-state index < -0.39 is 0 Å². The highest BCUT2D eigenvalue weighted by Gasteiger charge is 2.24. The van der Waals surface area contributed by atoms with Crippen molar-refractivity contribution in [3.63, 3.8) is 0 Å². The van der Waals surface area contributed by atoms with Gasteiger partial charge in [-0.3, -0.25) is 0 Å². The van der Waals surface area contributed by atoms with Gasteiger partial charge in [0.15, 0.2) is 0 Å². The third-order valence-electron chi connectivity index (χ3n) is 2.91. The SMILES string of the molecule is COCC1CC(c2cccc(Br)c2)CN1. The Balaban J connectivity index is 2.01. The maximum absolute atomic E-state index is 5.16. The van der Waals surface area contributed by atoms with E-state index in [1.165, 1.54) is 12.0 Å². The van der Waals surface area contributed by atoms with Crippen molar-refractivity contribution in [1.29, 1.82) is 0 Å². The molecule has 1 aromatic carbocycles. The summed E-state index contributed by atoms with van der Waals surface area (Å²) in [4.78, 5) is 0. The smallest absolute Gasteiger partial charge is 0.0616 e. The van der Waals surface area contributed by atoms with Gasteiger partial charge in [-0.15, -0.1) is 0 Å². The van der Waals surface area contributed by atoms with E-state index in [0.717, 1.165) is 17.6 Å². The first-order valence-electron chi connectivity index (χ1n) is 5.27. The molecule has 0 aliphatic carbocycles. The van der Waals surface area contributed by atoms with Crippen LogP contribution in [0.2, 0.25) is 0 Å². The van der Waals surface area contributed by atoms with Crippen LogP contribution in [0.3, 0.4) is 0 Å². The fraction of sp³-hybridized carbons (Fsp3) is 0.500. The Labute approximate surface area is 99.1 Å². The minimum absolute atomic E-state index is 0.513. The molecule has 0 radical (unpaired) electrons. The van der Waals surface area contributed by atoms with Crippen molar-refractivity contribution in [2.75, 3.05) is 20.3 Å². The van der Waals surface area contributed by atoms with Crippen molar-refractivity contribution >= 4 is 15.9 Å². The molecule has 0 amide bonds. The summed E-state index contributed by atoms with van der Waals surface area (Å²) in [7, 11) is 1.76. The topological polar surface area (TPSA) is 21.3 Å². The van der Waals surface area contributed by atoms with Crippen molar-refractivity contribution in [2.24, 2.45) is 0 Å². The van der Waals surface area contributed by atoms with Crippen LogP contribution in [0.5, 0.6) is 0 Å². The molecule has 82 valence electrons. The van der Waals surface area contributed by atoms with Crippen LogP contribution in [0.25, 0.3) is 0 Å². The lowest BCUT2D eigenvalue weighted by molar-refractivity contribution is 0.173. The molecule has 3 heteroatoms. The molecule has 2 atom stereocenters. The van der Waals surface area contributed by atoms with Gasteiger partial charge in [-0.1, -0.05) is 28.1 Å². The minimum atomic E-state index is 0.513. The first-order chi connectivity index (χ1) is 7.29. The molecule has 1 N–H and O–H groups in total. The lowest BCUT2D eigenvalue weighted by Crippen LogP contribution is -2.25. The highest BCUT2D eigenvalue weighted by molar-refractivity contribution is 9.10. The van der Waals surface area contributed by atoms with Crippen LogP contribution >= 0.6 is 15.9 Å². The van der Waals surface area contributed by atoms with Gasteiger partial charge in [-0.2, -0.15) is 0 Å². The third kappa shape index (κ3) is 2.80. The first kappa shape index (κ1) is 11.1. The van der Waals surface area contributed by atoms with E-state index in [2.05, 4.69) is 45.5 Å². The largest absolute Gasteiger partial charge is 0.383 e. The van der Waals surface area contributed by atoms with E-state index >= 15 is 0 Å². The van der Waals surface area contributed by atoms with Crippen LogP contribution in [-0.4, -0.2) is 26.3 Å². The Bertz CT molecular complexity index is 329. The number of rotatable bonds is 3. The predicted molar refractivity (Wildman–Crippen MR) is 65.2 cm³/mol. The summed E-state index contributed by atoms with van der Waals surface area (Å²) in [5.41, 5.74) is 1.41. The standard InChI is InChI=1S/C12H16BrNO/c1-15-8-12-6-10(7-14-12)9-3-2-4-11(13)5-9/h2-5,10,12,14H,6-8H2,1H3. The van der Waals surface area contributed by atoms with Gasteiger partial charge in [0.05, 0.1) is 6.61 Å². The fourth-order valence-electron chi connectivity index (χ4n) is 2.16. The number of benzene rings is 1. The number of hydrogen-bond acceptors (Lipinski definition) is 2. The van der Waals surface area contributed by atoms with Gasteiger partial charge in [0, 0.05) is 24.2 Å². The second-order valence-corrected chi connectivity index (χ2v) is 4.96. The van der Waals surface area contributed by atoms with Gasteiger partial charge < -0.3 is 10.1 Å². The minimum Gasteiger partial charge on any atom is -0.383 e. The van der Waals surface area contributed by atoms with E-state index in [0.29, 0.717) is 12.0 Å². The third-order valence-corrected chi connectivity index (χ3v) is 3.40. The quantitative estimate of drug-likeness (QED) is 0.911. The number of ether oxygens (including phenoxy) is 1. The maximum atomic E-state index is 5.16. The van der Waals surface area contributed by atoms with E-state index in [1.807, 2.05) is 0 Å². The molecule has 0 bridgehead atoms. The van der Waals surface area contributed by atoms with Gasteiger partial charge in [0.1, 0.15) is 0 Å². The Morgan fingerprint density at radius 3 is 3.13 bits per heavy atom.